The van der Waals surface area contributed by atoms with Gasteiger partial charge in [0.1, 0.15) is 11.0 Å². The number of nitrogens with zero attached hydrogens (tertiary/aromatic N) is 6. The summed E-state index contributed by atoms with van der Waals surface area (Å²) in [6.07, 6.45) is 1.60. The Morgan fingerprint density at radius 2 is 1.82 bits per heavy atom. The Labute approximate surface area is 167 Å². The van der Waals surface area contributed by atoms with Gasteiger partial charge in [-0.05, 0) is 18.6 Å². The summed E-state index contributed by atoms with van der Waals surface area (Å²) in [5, 5.41) is 18.3. The molecule has 0 N–H and O–H groups in total. The SMILES string of the molecule is Cc1nnc(N2CCC3(CC2)OCCO3)c2c1nnn2Cc1ccccc1Cl. The van der Waals surface area contributed by atoms with Crippen molar-refractivity contribution in [3.63, 3.8) is 0 Å². The predicted octanol–water partition coefficient (Wildman–Crippen LogP) is 2.57. The van der Waals surface area contributed by atoms with Crippen molar-refractivity contribution in [3.8, 4) is 0 Å². The summed E-state index contributed by atoms with van der Waals surface area (Å²) < 4.78 is 13.5. The molecule has 28 heavy (non-hydrogen) atoms. The first kappa shape index (κ1) is 17.8. The van der Waals surface area contributed by atoms with Crippen LogP contribution in [0.3, 0.4) is 0 Å². The number of aryl methyl sites for hydroxylation is 1. The highest BCUT2D eigenvalue weighted by atomic mass is 35.5. The number of piperidine rings is 1. The first-order valence-corrected chi connectivity index (χ1v) is 9.86. The molecule has 0 radical (unpaired) electrons. The molecule has 0 bridgehead atoms. The van der Waals surface area contributed by atoms with Crippen molar-refractivity contribution < 1.29 is 9.47 Å². The lowest BCUT2D eigenvalue weighted by Crippen LogP contribution is -2.45. The molecule has 3 aromatic rings. The molecular formula is C19H21ClN6O2. The van der Waals surface area contributed by atoms with E-state index in [1.165, 1.54) is 0 Å². The maximum atomic E-state index is 6.35. The molecule has 2 aromatic heterocycles. The summed E-state index contributed by atoms with van der Waals surface area (Å²) >= 11 is 6.35. The van der Waals surface area contributed by atoms with Gasteiger partial charge in [-0.1, -0.05) is 35.0 Å². The maximum Gasteiger partial charge on any atom is 0.179 e. The second-order valence-electron chi connectivity index (χ2n) is 7.24. The summed E-state index contributed by atoms with van der Waals surface area (Å²) in [4.78, 5) is 2.22. The highest BCUT2D eigenvalue weighted by molar-refractivity contribution is 6.31. The van der Waals surface area contributed by atoms with Gasteiger partial charge in [-0.25, -0.2) is 4.68 Å². The number of hydrogen-bond donors (Lipinski definition) is 0. The lowest BCUT2D eigenvalue weighted by Gasteiger charge is -2.38. The molecule has 5 rings (SSSR count). The van der Waals surface area contributed by atoms with Crippen LogP contribution in [0.1, 0.15) is 24.1 Å². The van der Waals surface area contributed by atoms with Crippen LogP contribution in [-0.4, -0.2) is 57.3 Å². The first-order valence-electron chi connectivity index (χ1n) is 9.48. The van der Waals surface area contributed by atoms with Crippen LogP contribution < -0.4 is 4.90 Å². The molecule has 0 unspecified atom stereocenters. The smallest absolute Gasteiger partial charge is 0.179 e. The first-order chi connectivity index (χ1) is 13.7. The van der Waals surface area contributed by atoms with Crippen molar-refractivity contribution in [2.45, 2.75) is 32.1 Å². The fraction of sp³-hybridized carbons (Fsp3) is 0.474. The van der Waals surface area contributed by atoms with E-state index in [2.05, 4.69) is 25.4 Å². The minimum Gasteiger partial charge on any atom is -0.353 e. The highest BCUT2D eigenvalue weighted by Gasteiger charge is 2.40. The molecule has 2 aliphatic heterocycles. The molecule has 1 aromatic carbocycles. The third-order valence-corrected chi connectivity index (χ3v) is 5.87. The van der Waals surface area contributed by atoms with Gasteiger partial charge in [-0.15, -0.1) is 10.2 Å². The molecule has 0 amide bonds. The second-order valence-corrected chi connectivity index (χ2v) is 7.65. The second kappa shape index (κ2) is 6.95. The van der Waals surface area contributed by atoms with Crippen LogP contribution in [0.2, 0.25) is 5.02 Å². The van der Waals surface area contributed by atoms with Crippen LogP contribution in [0, 0.1) is 6.92 Å². The highest BCUT2D eigenvalue weighted by Crippen LogP contribution is 2.34. The topological polar surface area (TPSA) is 78.2 Å². The Bertz CT molecular complexity index is 1010. The van der Waals surface area contributed by atoms with E-state index in [0.717, 1.165) is 54.0 Å². The third-order valence-electron chi connectivity index (χ3n) is 5.50. The third kappa shape index (κ3) is 3.01. The molecule has 2 fully saturated rings. The molecule has 8 nitrogen and oxygen atoms in total. The van der Waals surface area contributed by atoms with Gasteiger partial charge in [0.2, 0.25) is 0 Å². The lowest BCUT2D eigenvalue weighted by atomic mass is 10.0. The maximum absolute atomic E-state index is 6.35. The van der Waals surface area contributed by atoms with Crippen LogP contribution in [-0.2, 0) is 16.0 Å². The summed E-state index contributed by atoms with van der Waals surface area (Å²) in [6, 6.07) is 7.77. The van der Waals surface area contributed by atoms with Crippen molar-refractivity contribution in [3.05, 3.63) is 40.5 Å². The molecular weight excluding hydrogens is 380 g/mol. The van der Waals surface area contributed by atoms with E-state index in [9.17, 15) is 0 Å². The normalized spacial score (nSPS) is 19.0. The van der Waals surface area contributed by atoms with Crippen LogP contribution in [0.5, 0.6) is 0 Å². The number of anilines is 1. The van der Waals surface area contributed by atoms with Crippen molar-refractivity contribution in [1.29, 1.82) is 0 Å². The molecule has 4 heterocycles. The van der Waals surface area contributed by atoms with E-state index in [1.54, 1.807) is 0 Å². The minimum absolute atomic E-state index is 0.427. The average Bonchev–Trinajstić information content (AvgIpc) is 3.34. The summed E-state index contributed by atoms with van der Waals surface area (Å²) in [5.41, 5.74) is 3.41. The number of fused-ring (bicyclic) bond motifs is 1. The number of halogens is 1. The van der Waals surface area contributed by atoms with E-state index in [-0.39, 0.29) is 0 Å². The molecule has 0 saturated carbocycles. The summed E-state index contributed by atoms with van der Waals surface area (Å²) in [5.74, 6) is 0.370. The molecule has 2 aliphatic rings. The Kier molecular flexibility index (Phi) is 4.41. The zero-order valence-electron chi connectivity index (χ0n) is 15.6. The van der Waals surface area contributed by atoms with Crippen molar-refractivity contribution in [1.82, 2.24) is 25.2 Å². The van der Waals surface area contributed by atoms with E-state index in [0.29, 0.717) is 24.8 Å². The number of hydrogen-bond acceptors (Lipinski definition) is 7. The van der Waals surface area contributed by atoms with Gasteiger partial charge in [0, 0.05) is 31.0 Å². The standard InChI is InChI=1S/C19H21ClN6O2/c1-13-16-17(26(24-22-16)12-14-4-2-3-5-15(14)20)18(23-21-13)25-8-6-19(7-9-25)27-10-11-28-19/h2-5H,6-12H2,1H3. The van der Waals surface area contributed by atoms with Crippen LogP contribution in [0.15, 0.2) is 24.3 Å². The average molecular weight is 401 g/mol. The van der Waals surface area contributed by atoms with E-state index in [4.69, 9.17) is 21.1 Å². The molecule has 1 spiro atoms. The number of ether oxygens (including phenoxy) is 2. The van der Waals surface area contributed by atoms with Gasteiger partial charge < -0.3 is 14.4 Å². The predicted molar refractivity (Wildman–Crippen MR) is 104 cm³/mol. The van der Waals surface area contributed by atoms with Crippen LogP contribution >= 0.6 is 11.6 Å². The minimum atomic E-state index is -0.427. The van der Waals surface area contributed by atoms with E-state index >= 15 is 0 Å². The Morgan fingerprint density at radius 3 is 2.57 bits per heavy atom. The quantitative estimate of drug-likeness (QED) is 0.668. The Balaban J connectivity index is 1.50. The monoisotopic (exact) mass is 400 g/mol. The fourth-order valence-corrected chi connectivity index (χ4v) is 4.15. The van der Waals surface area contributed by atoms with Gasteiger partial charge in [0.25, 0.3) is 0 Å². The molecule has 0 aliphatic carbocycles. The molecule has 0 atom stereocenters. The molecule has 2 saturated heterocycles. The Hall–Kier alpha value is -2.29. The number of rotatable bonds is 3. The van der Waals surface area contributed by atoms with Gasteiger partial charge in [-0.3, -0.25) is 0 Å². The molecule has 146 valence electrons. The van der Waals surface area contributed by atoms with Gasteiger partial charge in [0.05, 0.1) is 25.5 Å². The van der Waals surface area contributed by atoms with Gasteiger partial charge in [0.15, 0.2) is 11.6 Å². The summed E-state index contributed by atoms with van der Waals surface area (Å²) in [7, 11) is 0. The van der Waals surface area contributed by atoms with Gasteiger partial charge in [-0.2, -0.15) is 5.10 Å². The number of aromatic nitrogens is 5. The van der Waals surface area contributed by atoms with E-state index in [1.807, 2.05) is 35.9 Å². The lowest BCUT2D eigenvalue weighted by molar-refractivity contribution is -0.169. The summed E-state index contributed by atoms with van der Waals surface area (Å²) in [6.45, 7) is 5.33. The fourth-order valence-electron chi connectivity index (χ4n) is 3.95. The van der Waals surface area contributed by atoms with Crippen molar-refractivity contribution in [2.75, 3.05) is 31.2 Å². The largest absolute Gasteiger partial charge is 0.353 e. The van der Waals surface area contributed by atoms with Crippen molar-refractivity contribution >= 4 is 28.5 Å². The van der Waals surface area contributed by atoms with Gasteiger partial charge >= 0.3 is 0 Å². The van der Waals surface area contributed by atoms with Crippen LogP contribution in [0.25, 0.3) is 11.0 Å². The van der Waals surface area contributed by atoms with Crippen molar-refractivity contribution in [2.24, 2.45) is 0 Å². The van der Waals surface area contributed by atoms with E-state index < -0.39 is 5.79 Å². The Morgan fingerprint density at radius 1 is 1.07 bits per heavy atom. The zero-order valence-corrected chi connectivity index (χ0v) is 16.4. The number of benzene rings is 1. The zero-order chi connectivity index (χ0) is 19.1. The molecule has 9 heteroatoms. The van der Waals surface area contributed by atoms with Crippen LogP contribution in [0.4, 0.5) is 5.82 Å².